The summed E-state index contributed by atoms with van der Waals surface area (Å²) in [6.45, 7) is 5.79. The number of rotatable bonds is 4. The smallest absolute Gasteiger partial charge is 0.265 e. The third-order valence-corrected chi connectivity index (χ3v) is 4.89. The molecule has 122 valence electrons. The summed E-state index contributed by atoms with van der Waals surface area (Å²) in [4.78, 5) is 19.8. The molecular formula is C14H25Cl2N3OS. The van der Waals surface area contributed by atoms with E-state index >= 15 is 0 Å². The molecule has 1 aromatic rings. The second kappa shape index (κ2) is 9.62. The van der Waals surface area contributed by atoms with Gasteiger partial charge >= 0.3 is 0 Å². The van der Waals surface area contributed by atoms with Gasteiger partial charge < -0.3 is 10.2 Å². The number of nitrogens with zero attached hydrogens (tertiary/aromatic N) is 2. The molecule has 0 saturated carbocycles. The second-order valence-electron chi connectivity index (χ2n) is 5.13. The highest BCUT2D eigenvalue weighted by Crippen LogP contribution is 2.23. The van der Waals surface area contributed by atoms with Gasteiger partial charge in [0.2, 0.25) is 0 Å². The van der Waals surface area contributed by atoms with Crippen molar-refractivity contribution < 1.29 is 4.79 Å². The van der Waals surface area contributed by atoms with E-state index in [1.165, 1.54) is 0 Å². The lowest BCUT2D eigenvalue weighted by atomic mass is 10.1. The standard InChI is InChI=1S/C14H23N3OS.2ClH/c1-4-5-12-16-10(2)13(19-12)14(18)17-8-6-11(15-3)7-9-17;;/h11,15H,4-9H2,1-3H3;2*1H. The third-order valence-electron chi connectivity index (χ3n) is 3.69. The summed E-state index contributed by atoms with van der Waals surface area (Å²) in [6, 6.07) is 0.558. The molecule has 1 fully saturated rings. The Kier molecular flexibility index (Phi) is 9.45. The fourth-order valence-corrected chi connectivity index (χ4v) is 3.62. The van der Waals surface area contributed by atoms with Gasteiger partial charge in [0, 0.05) is 19.1 Å². The largest absolute Gasteiger partial charge is 0.338 e. The Balaban J connectivity index is 0.00000200. The van der Waals surface area contributed by atoms with Crippen molar-refractivity contribution in [1.29, 1.82) is 0 Å². The van der Waals surface area contributed by atoms with Crippen LogP contribution in [0.25, 0.3) is 0 Å². The van der Waals surface area contributed by atoms with E-state index < -0.39 is 0 Å². The number of thiazole rings is 1. The van der Waals surface area contributed by atoms with Gasteiger partial charge in [-0.15, -0.1) is 36.2 Å². The fourth-order valence-electron chi connectivity index (χ4n) is 2.49. The van der Waals surface area contributed by atoms with Crippen molar-refractivity contribution in [1.82, 2.24) is 15.2 Å². The Labute approximate surface area is 143 Å². The summed E-state index contributed by atoms with van der Waals surface area (Å²) < 4.78 is 0. The Bertz CT molecular complexity index is 445. The second-order valence-corrected chi connectivity index (χ2v) is 6.21. The highest BCUT2D eigenvalue weighted by Gasteiger charge is 2.25. The number of aryl methyl sites for hydroxylation is 2. The lowest BCUT2D eigenvalue weighted by molar-refractivity contribution is 0.0711. The average molecular weight is 354 g/mol. The van der Waals surface area contributed by atoms with E-state index in [0.717, 1.165) is 54.4 Å². The first kappa shape index (κ1) is 20.6. The van der Waals surface area contributed by atoms with Gasteiger partial charge in [-0.05, 0) is 39.7 Å². The van der Waals surface area contributed by atoms with E-state index in [-0.39, 0.29) is 30.7 Å². The van der Waals surface area contributed by atoms with Gasteiger partial charge in [-0.2, -0.15) is 0 Å². The first-order valence-electron chi connectivity index (χ1n) is 7.08. The van der Waals surface area contributed by atoms with E-state index in [0.29, 0.717) is 6.04 Å². The van der Waals surface area contributed by atoms with Crippen LogP contribution in [0.1, 0.15) is 46.6 Å². The molecule has 0 atom stereocenters. The van der Waals surface area contributed by atoms with Crippen molar-refractivity contribution >= 4 is 42.1 Å². The summed E-state index contributed by atoms with van der Waals surface area (Å²) >= 11 is 1.57. The number of hydrogen-bond acceptors (Lipinski definition) is 4. The molecule has 0 aliphatic carbocycles. The van der Waals surface area contributed by atoms with Gasteiger partial charge in [0.05, 0.1) is 10.7 Å². The number of nitrogens with one attached hydrogen (secondary N) is 1. The molecule has 0 bridgehead atoms. The van der Waals surface area contributed by atoms with Crippen LogP contribution in [0, 0.1) is 6.92 Å². The fraction of sp³-hybridized carbons (Fsp3) is 0.714. The molecule has 2 rings (SSSR count). The molecule has 2 heterocycles. The molecule has 21 heavy (non-hydrogen) atoms. The maximum atomic E-state index is 12.5. The van der Waals surface area contributed by atoms with Crippen molar-refractivity contribution in [3.05, 3.63) is 15.6 Å². The van der Waals surface area contributed by atoms with E-state index in [1.54, 1.807) is 11.3 Å². The maximum absolute atomic E-state index is 12.5. The summed E-state index contributed by atoms with van der Waals surface area (Å²) in [5.74, 6) is 0.173. The maximum Gasteiger partial charge on any atom is 0.265 e. The molecule has 1 amide bonds. The van der Waals surface area contributed by atoms with Gasteiger partial charge in [0.15, 0.2) is 0 Å². The minimum atomic E-state index is 0. The van der Waals surface area contributed by atoms with Crippen LogP contribution in [0.15, 0.2) is 0 Å². The number of aromatic nitrogens is 1. The third kappa shape index (κ3) is 5.09. The summed E-state index contributed by atoms with van der Waals surface area (Å²) in [5.41, 5.74) is 0.897. The molecule has 0 spiro atoms. The zero-order chi connectivity index (χ0) is 13.8. The number of carbonyl (C=O) groups is 1. The molecule has 1 aliphatic heterocycles. The first-order chi connectivity index (χ1) is 9.15. The molecule has 1 aliphatic rings. The van der Waals surface area contributed by atoms with Crippen molar-refractivity contribution in [3.63, 3.8) is 0 Å². The minimum Gasteiger partial charge on any atom is -0.338 e. The van der Waals surface area contributed by atoms with Crippen LogP contribution >= 0.6 is 36.2 Å². The van der Waals surface area contributed by atoms with Crippen LogP contribution in [0.3, 0.4) is 0 Å². The average Bonchev–Trinajstić information content (AvgIpc) is 2.79. The van der Waals surface area contributed by atoms with Gasteiger partial charge in [-0.1, -0.05) is 6.92 Å². The Hall–Kier alpha value is -0.360. The number of halogens is 2. The lowest BCUT2D eigenvalue weighted by Crippen LogP contribution is -2.43. The summed E-state index contributed by atoms with van der Waals surface area (Å²) in [6.07, 6.45) is 4.14. The predicted octanol–water partition coefficient (Wildman–Crippen LogP) is 3.07. The highest BCUT2D eigenvalue weighted by atomic mass is 35.5. The molecule has 0 unspecified atom stereocenters. The molecule has 7 heteroatoms. The Morgan fingerprint density at radius 3 is 2.52 bits per heavy atom. The van der Waals surface area contributed by atoms with E-state index in [1.807, 2.05) is 18.9 Å². The summed E-state index contributed by atoms with van der Waals surface area (Å²) in [5, 5.41) is 4.38. The molecule has 0 radical (unpaired) electrons. The Morgan fingerprint density at radius 2 is 2.00 bits per heavy atom. The van der Waals surface area contributed by atoms with Gasteiger partial charge in [0.25, 0.3) is 5.91 Å². The quantitative estimate of drug-likeness (QED) is 0.904. The number of amides is 1. The van der Waals surface area contributed by atoms with Gasteiger partial charge in [0.1, 0.15) is 4.88 Å². The molecule has 0 aromatic carbocycles. The van der Waals surface area contributed by atoms with Crippen LogP contribution in [0.2, 0.25) is 0 Å². The topological polar surface area (TPSA) is 45.2 Å². The minimum absolute atomic E-state index is 0. The number of hydrogen-bond donors (Lipinski definition) is 1. The molecule has 1 saturated heterocycles. The van der Waals surface area contributed by atoms with E-state index in [4.69, 9.17) is 0 Å². The van der Waals surface area contributed by atoms with Crippen LogP contribution in [-0.2, 0) is 6.42 Å². The first-order valence-corrected chi connectivity index (χ1v) is 7.90. The van der Waals surface area contributed by atoms with E-state index in [9.17, 15) is 4.79 Å². The zero-order valence-corrected chi connectivity index (χ0v) is 15.3. The van der Waals surface area contributed by atoms with Gasteiger partial charge in [-0.25, -0.2) is 4.98 Å². The zero-order valence-electron chi connectivity index (χ0n) is 12.8. The molecule has 1 aromatic heterocycles. The molecular weight excluding hydrogens is 329 g/mol. The number of likely N-dealkylation sites (tertiary alicyclic amines) is 1. The predicted molar refractivity (Wildman–Crippen MR) is 93.3 cm³/mol. The van der Waals surface area contributed by atoms with Crippen molar-refractivity contribution in [2.45, 2.75) is 45.6 Å². The monoisotopic (exact) mass is 353 g/mol. The number of carbonyl (C=O) groups excluding carboxylic acids is 1. The SMILES string of the molecule is CCCc1nc(C)c(C(=O)N2CCC(NC)CC2)s1.Cl.Cl. The summed E-state index contributed by atoms with van der Waals surface area (Å²) in [7, 11) is 1.99. The van der Waals surface area contributed by atoms with Crippen molar-refractivity contribution in [2.24, 2.45) is 0 Å². The lowest BCUT2D eigenvalue weighted by Gasteiger charge is -2.31. The van der Waals surface area contributed by atoms with Crippen LogP contribution in [0.5, 0.6) is 0 Å². The van der Waals surface area contributed by atoms with E-state index in [2.05, 4.69) is 17.2 Å². The number of piperidine rings is 1. The van der Waals surface area contributed by atoms with Crippen molar-refractivity contribution in [3.8, 4) is 0 Å². The normalized spacial score (nSPS) is 15.3. The molecule has 1 N–H and O–H groups in total. The van der Waals surface area contributed by atoms with Crippen molar-refractivity contribution in [2.75, 3.05) is 20.1 Å². The molecule has 4 nitrogen and oxygen atoms in total. The van der Waals surface area contributed by atoms with Crippen LogP contribution in [-0.4, -0.2) is 42.0 Å². The highest BCUT2D eigenvalue weighted by molar-refractivity contribution is 7.13. The van der Waals surface area contributed by atoms with Crippen LogP contribution < -0.4 is 5.32 Å². The Morgan fingerprint density at radius 1 is 1.38 bits per heavy atom. The van der Waals surface area contributed by atoms with Gasteiger partial charge in [-0.3, -0.25) is 4.79 Å². The van der Waals surface area contributed by atoms with Crippen LogP contribution in [0.4, 0.5) is 0 Å².